The fraction of sp³-hybridized carbons (Fsp3) is 0.571. The molecule has 2 N–H and O–H groups in total. The molecule has 1 fully saturated rings. The average Bonchev–Trinajstić information content (AvgIpc) is 3.19. The van der Waals surface area contributed by atoms with E-state index in [-0.39, 0.29) is 0 Å². The van der Waals surface area contributed by atoms with Crippen molar-refractivity contribution in [1.29, 1.82) is 0 Å². The third-order valence-corrected chi connectivity index (χ3v) is 3.70. The Kier molecular flexibility index (Phi) is 3.04. The van der Waals surface area contributed by atoms with Crippen molar-refractivity contribution in [2.24, 2.45) is 0 Å². The Morgan fingerprint density at radius 3 is 3.06 bits per heavy atom. The molecule has 0 aromatic heterocycles. The molecule has 17 heavy (non-hydrogen) atoms. The van der Waals surface area contributed by atoms with Crippen LogP contribution in [-0.2, 0) is 6.42 Å². The molecule has 1 heterocycles. The van der Waals surface area contributed by atoms with Gasteiger partial charge in [-0.1, -0.05) is 6.07 Å². The first kappa shape index (κ1) is 11.1. The van der Waals surface area contributed by atoms with Gasteiger partial charge in [0, 0.05) is 18.6 Å². The monoisotopic (exact) mass is 232 g/mol. The Labute approximate surface area is 103 Å². The van der Waals surface area contributed by atoms with Crippen molar-refractivity contribution in [2.45, 2.75) is 31.3 Å². The van der Waals surface area contributed by atoms with Crippen LogP contribution in [0.5, 0.6) is 5.75 Å². The molecule has 3 nitrogen and oxygen atoms in total. The van der Waals surface area contributed by atoms with Gasteiger partial charge in [0.15, 0.2) is 0 Å². The number of hydrogen-bond acceptors (Lipinski definition) is 3. The van der Waals surface area contributed by atoms with Crippen LogP contribution in [0.4, 0.5) is 0 Å². The zero-order valence-electron chi connectivity index (χ0n) is 10.3. The van der Waals surface area contributed by atoms with Gasteiger partial charge in [-0.2, -0.15) is 0 Å². The number of ether oxygens (including phenoxy) is 1. The standard InChI is InChI=1S/C14H20N2O/c1-17-12-5-2-10-6-7-15-14(13(10)8-12)9-16-11-3-4-11/h2,5,8,11,14-16H,3-4,6-7,9H2,1H3. The van der Waals surface area contributed by atoms with E-state index in [1.54, 1.807) is 7.11 Å². The van der Waals surface area contributed by atoms with Crippen LogP contribution in [0.2, 0.25) is 0 Å². The van der Waals surface area contributed by atoms with Gasteiger partial charge in [0.25, 0.3) is 0 Å². The van der Waals surface area contributed by atoms with Crippen molar-refractivity contribution in [3.05, 3.63) is 29.3 Å². The molecule has 1 saturated carbocycles. The lowest BCUT2D eigenvalue weighted by molar-refractivity contribution is 0.409. The number of hydrogen-bond donors (Lipinski definition) is 2. The second-order valence-corrected chi connectivity index (χ2v) is 5.00. The minimum absolute atomic E-state index is 0.439. The summed E-state index contributed by atoms with van der Waals surface area (Å²) in [5, 5.41) is 7.19. The number of benzene rings is 1. The van der Waals surface area contributed by atoms with Crippen LogP contribution in [0.15, 0.2) is 18.2 Å². The number of fused-ring (bicyclic) bond motifs is 1. The van der Waals surface area contributed by atoms with Crippen LogP contribution in [0, 0.1) is 0 Å². The Morgan fingerprint density at radius 2 is 2.29 bits per heavy atom. The maximum atomic E-state index is 5.32. The normalized spacial score (nSPS) is 23.2. The predicted molar refractivity (Wildman–Crippen MR) is 68.5 cm³/mol. The molecule has 1 aromatic rings. The second-order valence-electron chi connectivity index (χ2n) is 5.00. The molecule has 92 valence electrons. The molecule has 1 aliphatic heterocycles. The van der Waals surface area contributed by atoms with Crippen LogP contribution in [0.1, 0.15) is 30.0 Å². The van der Waals surface area contributed by atoms with Crippen LogP contribution >= 0.6 is 0 Å². The lowest BCUT2D eigenvalue weighted by Crippen LogP contribution is -2.37. The fourth-order valence-electron chi connectivity index (χ4n) is 2.50. The Morgan fingerprint density at radius 1 is 1.41 bits per heavy atom. The third-order valence-electron chi connectivity index (χ3n) is 3.70. The van der Waals surface area contributed by atoms with E-state index in [4.69, 9.17) is 4.74 Å². The van der Waals surface area contributed by atoms with Gasteiger partial charge in [0.1, 0.15) is 5.75 Å². The summed E-state index contributed by atoms with van der Waals surface area (Å²) in [4.78, 5) is 0. The van der Waals surface area contributed by atoms with Gasteiger partial charge in [0.05, 0.1) is 7.11 Å². The van der Waals surface area contributed by atoms with E-state index in [1.165, 1.54) is 24.0 Å². The van der Waals surface area contributed by atoms with Crippen molar-refractivity contribution in [1.82, 2.24) is 10.6 Å². The van der Waals surface area contributed by atoms with Gasteiger partial charge in [0.2, 0.25) is 0 Å². The van der Waals surface area contributed by atoms with Crippen molar-refractivity contribution in [2.75, 3.05) is 20.2 Å². The van der Waals surface area contributed by atoms with Gasteiger partial charge >= 0.3 is 0 Å². The molecule has 1 aromatic carbocycles. The van der Waals surface area contributed by atoms with E-state index in [1.807, 2.05) is 0 Å². The summed E-state index contributed by atoms with van der Waals surface area (Å²) < 4.78 is 5.32. The van der Waals surface area contributed by atoms with Crippen molar-refractivity contribution in [3.63, 3.8) is 0 Å². The Hall–Kier alpha value is -1.06. The van der Waals surface area contributed by atoms with Crippen LogP contribution in [0.25, 0.3) is 0 Å². The molecule has 1 atom stereocenters. The first-order valence-corrected chi connectivity index (χ1v) is 6.50. The maximum Gasteiger partial charge on any atom is 0.119 e. The van der Waals surface area contributed by atoms with E-state index < -0.39 is 0 Å². The van der Waals surface area contributed by atoms with Gasteiger partial charge in [-0.3, -0.25) is 0 Å². The highest BCUT2D eigenvalue weighted by Gasteiger charge is 2.25. The van der Waals surface area contributed by atoms with E-state index in [0.717, 1.165) is 31.3 Å². The van der Waals surface area contributed by atoms with E-state index >= 15 is 0 Å². The highest BCUT2D eigenvalue weighted by Crippen LogP contribution is 2.27. The molecule has 1 unspecified atom stereocenters. The molecule has 0 radical (unpaired) electrons. The summed E-state index contributed by atoms with van der Waals surface area (Å²) in [7, 11) is 1.73. The fourth-order valence-corrected chi connectivity index (χ4v) is 2.50. The topological polar surface area (TPSA) is 33.3 Å². The Bertz CT molecular complexity index is 401. The smallest absolute Gasteiger partial charge is 0.119 e. The number of rotatable bonds is 4. The van der Waals surface area contributed by atoms with Crippen molar-refractivity contribution >= 4 is 0 Å². The van der Waals surface area contributed by atoms with Crippen LogP contribution in [-0.4, -0.2) is 26.2 Å². The third kappa shape index (κ3) is 2.45. The number of nitrogens with one attached hydrogen (secondary N) is 2. The molecular formula is C14H20N2O. The Balaban J connectivity index is 1.77. The highest BCUT2D eigenvalue weighted by atomic mass is 16.5. The molecule has 0 spiro atoms. The SMILES string of the molecule is COc1ccc2c(c1)C(CNC1CC1)NCC2. The number of methoxy groups -OCH3 is 1. The van der Waals surface area contributed by atoms with Crippen molar-refractivity contribution in [3.8, 4) is 5.75 Å². The zero-order chi connectivity index (χ0) is 11.7. The molecular weight excluding hydrogens is 212 g/mol. The molecule has 2 aliphatic rings. The lowest BCUT2D eigenvalue weighted by Gasteiger charge is -2.27. The molecule has 1 aliphatic carbocycles. The van der Waals surface area contributed by atoms with Gasteiger partial charge in [-0.25, -0.2) is 0 Å². The van der Waals surface area contributed by atoms with Gasteiger partial charge < -0.3 is 15.4 Å². The predicted octanol–water partition coefficient (Wildman–Crippen LogP) is 1.63. The largest absolute Gasteiger partial charge is 0.497 e. The summed E-state index contributed by atoms with van der Waals surface area (Å²) in [6.07, 6.45) is 3.81. The summed E-state index contributed by atoms with van der Waals surface area (Å²) in [6.45, 7) is 2.11. The molecule has 0 saturated heterocycles. The van der Waals surface area contributed by atoms with Crippen LogP contribution < -0.4 is 15.4 Å². The van der Waals surface area contributed by atoms with E-state index in [9.17, 15) is 0 Å². The van der Waals surface area contributed by atoms with Crippen LogP contribution in [0.3, 0.4) is 0 Å². The van der Waals surface area contributed by atoms with E-state index in [2.05, 4.69) is 28.8 Å². The summed E-state index contributed by atoms with van der Waals surface area (Å²) in [5.41, 5.74) is 2.87. The quantitative estimate of drug-likeness (QED) is 0.828. The molecule has 3 heteroatoms. The average molecular weight is 232 g/mol. The summed E-state index contributed by atoms with van der Waals surface area (Å²) in [6, 6.07) is 7.66. The van der Waals surface area contributed by atoms with Crippen molar-refractivity contribution < 1.29 is 4.74 Å². The minimum Gasteiger partial charge on any atom is -0.497 e. The molecule has 0 amide bonds. The molecule has 3 rings (SSSR count). The first-order valence-electron chi connectivity index (χ1n) is 6.50. The minimum atomic E-state index is 0.439. The zero-order valence-corrected chi connectivity index (χ0v) is 10.3. The lowest BCUT2D eigenvalue weighted by atomic mass is 9.94. The maximum absolute atomic E-state index is 5.32. The molecule has 0 bridgehead atoms. The highest BCUT2D eigenvalue weighted by molar-refractivity contribution is 5.39. The first-order chi connectivity index (χ1) is 8.36. The summed E-state index contributed by atoms with van der Waals surface area (Å²) in [5.74, 6) is 0.962. The van der Waals surface area contributed by atoms with Gasteiger partial charge in [-0.15, -0.1) is 0 Å². The second kappa shape index (κ2) is 4.67. The summed E-state index contributed by atoms with van der Waals surface area (Å²) >= 11 is 0. The van der Waals surface area contributed by atoms with E-state index in [0.29, 0.717) is 6.04 Å². The van der Waals surface area contributed by atoms with Gasteiger partial charge in [-0.05, 0) is 49.1 Å².